The molecule has 1 heterocycles. The normalized spacial score (nSPS) is 19.0. The summed E-state index contributed by atoms with van der Waals surface area (Å²) in [4.78, 5) is 2.33. The van der Waals surface area contributed by atoms with Gasteiger partial charge in [0.2, 0.25) is 0 Å². The molecule has 0 amide bonds. The van der Waals surface area contributed by atoms with Crippen molar-refractivity contribution in [2.24, 2.45) is 5.73 Å². The van der Waals surface area contributed by atoms with E-state index in [2.05, 4.69) is 50.8 Å². The summed E-state index contributed by atoms with van der Waals surface area (Å²) in [5.74, 6) is 0.459. The average molecular weight is 419 g/mol. The predicted octanol–water partition coefficient (Wildman–Crippen LogP) is 6.09. The number of halogens is 2. The smallest absolute Gasteiger partial charge is 0.141 e. The van der Waals surface area contributed by atoms with Crippen LogP contribution in [0.5, 0.6) is 5.75 Å². The first kappa shape index (κ1) is 23.2. The van der Waals surface area contributed by atoms with Crippen molar-refractivity contribution in [2.45, 2.75) is 46.0 Å². The standard InChI is InChI=1S/C21H23ClFNO.C3H9N/c1-5-20-21(3,13-14-7-9-18(23)17(22)11-14)16-12-15(25-4)8-10-19(16)24(20)6-2;1-2-3-4/h5,7-12H,6,13H2,1-4H3;2-4H2,1H3/b20-5-;. The van der Waals surface area contributed by atoms with Crippen LogP contribution in [0.1, 0.15) is 45.2 Å². The number of benzene rings is 2. The van der Waals surface area contributed by atoms with Gasteiger partial charge < -0.3 is 15.4 Å². The van der Waals surface area contributed by atoms with Gasteiger partial charge >= 0.3 is 0 Å². The number of anilines is 1. The fourth-order valence-electron chi connectivity index (χ4n) is 3.94. The van der Waals surface area contributed by atoms with Gasteiger partial charge in [-0.15, -0.1) is 0 Å². The van der Waals surface area contributed by atoms with Crippen LogP contribution < -0.4 is 15.4 Å². The van der Waals surface area contributed by atoms with Crippen molar-refractivity contribution in [3.63, 3.8) is 0 Å². The van der Waals surface area contributed by atoms with Crippen LogP contribution in [0.2, 0.25) is 5.02 Å². The zero-order valence-corrected chi connectivity index (χ0v) is 18.8. The minimum absolute atomic E-state index is 0.166. The zero-order valence-electron chi connectivity index (χ0n) is 18.1. The van der Waals surface area contributed by atoms with E-state index in [4.69, 9.17) is 22.1 Å². The Hall–Kier alpha value is -2.04. The first-order valence-electron chi connectivity index (χ1n) is 10.1. The van der Waals surface area contributed by atoms with Gasteiger partial charge in [0.1, 0.15) is 11.6 Å². The molecule has 2 aromatic rings. The quantitative estimate of drug-likeness (QED) is 0.638. The molecule has 5 heteroatoms. The highest BCUT2D eigenvalue weighted by atomic mass is 35.5. The third-order valence-corrected chi connectivity index (χ3v) is 5.65. The van der Waals surface area contributed by atoms with Gasteiger partial charge in [-0.2, -0.15) is 0 Å². The Morgan fingerprint density at radius 2 is 1.90 bits per heavy atom. The van der Waals surface area contributed by atoms with E-state index in [1.54, 1.807) is 13.2 Å². The van der Waals surface area contributed by atoms with Crippen molar-refractivity contribution < 1.29 is 9.13 Å². The van der Waals surface area contributed by atoms with E-state index in [0.29, 0.717) is 0 Å². The Kier molecular flexibility index (Phi) is 8.12. The Morgan fingerprint density at radius 3 is 2.41 bits per heavy atom. The number of hydrogen-bond donors (Lipinski definition) is 1. The van der Waals surface area contributed by atoms with E-state index in [0.717, 1.165) is 37.2 Å². The van der Waals surface area contributed by atoms with Crippen LogP contribution in [-0.4, -0.2) is 20.2 Å². The van der Waals surface area contributed by atoms with Crippen molar-refractivity contribution >= 4 is 17.3 Å². The van der Waals surface area contributed by atoms with E-state index < -0.39 is 0 Å². The molecule has 3 rings (SSSR count). The monoisotopic (exact) mass is 418 g/mol. The highest BCUT2D eigenvalue weighted by molar-refractivity contribution is 6.30. The van der Waals surface area contributed by atoms with Crippen molar-refractivity contribution in [3.8, 4) is 5.75 Å². The number of nitrogens with zero attached hydrogens (tertiary/aromatic N) is 1. The highest BCUT2D eigenvalue weighted by Crippen LogP contribution is 2.50. The van der Waals surface area contributed by atoms with E-state index in [1.807, 2.05) is 12.1 Å². The minimum Gasteiger partial charge on any atom is -0.497 e. The van der Waals surface area contributed by atoms with E-state index >= 15 is 0 Å². The van der Waals surface area contributed by atoms with Crippen LogP contribution in [0.3, 0.4) is 0 Å². The maximum absolute atomic E-state index is 13.5. The fraction of sp³-hybridized carbons (Fsp3) is 0.417. The second-order valence-electron chi connectivity index (χ2n) is 7.35. The third-order valence-electron chi connectivity index (χ3n) is 5.37. The summed E-state index contributed by atoms with van der Waals surface area (Å²) in [5, 5.41) is 0.166. The molecular formula is C24H32ClFN2O. The summed E-state index contributed by atoms with van der Waals surface area (Å²) in [7, 11) is 1.68. The molecule has 29 heavy (non-hydrogen) atoms. The molecule has 2 aromatic carbocycles. The van der Waals surface area contributed by atoms with Gasteiger partial charge in [-0.3, -0.25) is 0 Å². The van der Waals surface area contributed by atoms with Crippen LogP contribution in [0.25, 0.3) is 0 Å². The molecule has 0 saturated carbocycles. The van der Waals surface area contributed by atoms with E-state index in [-0.39, 0.29) is 16.3 Å². The number of fused-ring (bicyclic) bond motifs is 1. The third kappa shape index (κ3) is 4.76. The average Bonchev–Trinajstić information content (AvgIpc) is 2.97. The van der Waals surface area contributed by atoms with Crippen molar-refractivity contribution in [1.29, 1.82) is 0 Å². The largest absolute Gasteiger partial charge is 0.497 e. The molecule has 1 atom stereocenters. The number of likely N-dealkylation sites (N-methyl/N-ethyl adjacent to an activating group) is 1. The van der Waals surface area contributed by atoms with Crippen LogP contribution in [0, 0.1) is 5.82 Å². The van der Waals surface area contributed by atoms with Crippen LogP contribution in [0.4, 0.5) is 10.1 Å². The van der Waals surface area contributed by atoms with Gasteiger partial charge in [0.25, 0.3) is 0 Å². The van der Waals surface area contributed by atoms with Crippen LogP contribution in [0.15, 0.2) is 48.2 Å². The maximum atomic E-state index is 13.5. The minimum atomic E-state index is -0.384. The number of ether oxygens (including phenoxy) is 1. The lowest BCUT2D eigenvalue weighted by molar-refractivity contribution is 0.413. The summed E-state index contributed by atoms with van der Waals surface area (Å²) < 4.78 is 19.0. The number of rotatable bonds is 5. The summed E-state index contributed by atoms with van der Waals surface area (Å²) >= 11 is 6.00. The molecule has 1 unspecified atom stereocenters. The molecular weight excluding hydrogens is 387 g/mol. The van der Waals surface area contributed by atoms with E-state index in [1.165, 1.54) is 23.0 Å². The molecule has 0 saturated heterocycles. The van der Waals surface area contributed by atoms with Gasteiger partial charge in [0, 0.05) is 23.3 Å². The lowest BCUT2D eigenvalue weighted by atomic mass is 9.76. The molecule has 3 nitrogen and oxygen atoms in total. The first-order chi connectivity index (χ1) is 13.9. The SMILES string of the molecule is C/C=C1\N(CC)c2ccc(OC)cc2C1(C)Cc1ccc(F)c(Cl)c1.CCCN. The van der Waals surface area contributed by atoms with Gasteiger partial charge in [0.15, 0.2) is 0 Å². The molecule has 0 bridgehead atoms. The van der Waals surface area contributed by atoms with Crippen LogP contribution >= 0.6 is 11.6 Å². The molecule has 2 N–H and O–H groups in total. The molecule has 0 spiro atoms. The van der Waals surface area contributed by atoms with Gasteiger partial charge in [-0.1, -0.05) is 30.7 Å². The molecule has 0 fully saturated rings. The van der Waals surface area contributed by atoms with Gasteiger partial charge in [-0.25, -0.2) is 4.39 Å². The lowest BCUT2D eigenvalue weighted by Gasteiger charge is -2.30. The molecule has 0 aliphatic carbocycles. The van der Waals surface area contributed by atoms with Crippen molar-refractivity contribution in [1.82, 2.24) is 0 Å². The van der Waals surface area contributed by atoms with Crippen LogP contribution in [-0.2, 0) is 11.8 Å². The Bertz CT molecular complexity index is 866. The topological polar surface area (TPSA) is 38.5 Å². The molecule has 0 aromatic heterocycles. The molecule has 0 radical (unpaired) electrons. The summed E-state index contributed by atoms with van der Waals surface area (Å²) in [6.45, 7) is 10.2. The highest BCUT2D eigenvalue weighted by Gasteiger charge is 2.43. The number of hydrogen-bond acceptors (Lipinski definition) is 3. The Morgan fingerprint density at radius 1 is 1.21 bits per heavy atom. The summed E-state index contributed by atoms with van der Waals surface area (Å²) in [6, 6.07) is 11.2. The van der Waals surface area contributed by atoms with Gasteiger partial charge in [0.05, 0.1) is 12.1 Å². The number of allylic oxidation sites excluding steroid dienone is 2. The molecule has 1 aliphatic heterocycles. The second kappa shape index (κ2) is 10.1. The molecule has 1 aliphatic rings. The Labute approximate surface area is 179 Å². The molecule has 158 valence electrons. The zero-order chi connectivity index (χ0) is 21.6. The Balaban J connectivity index is 0.000000687. The summed E-state index contributed by atoms with van der Waals surface area (Å²) in [5.41, 5.74) is 9.49. The number of nitrogens with two attached hydrogens (primary N) is 1. The predicted molar refractivity (Wildman–Crippen MR) is 122 cm³/mol. The van der Waals surface area contributed by atoms with Crippen molar-refractivity contribution in [2.75, 3.05) is 25.1 Å². The first-order valence-corrected chi connectivity index (χ1v) is 10.5. The summed E-state index contributed by atoms with van der Waals surface area (Å²) in [6.07, 6.45) is 4.00. The van der Waals surface area contributed by atoms with Gasteiger partial charge in [-0.05, 0) is 81.6 Å². The van der Waals surface area contributed by atoms with E-state index in [9.17, 15) is 4.39 Å². The van der Waals surface area contributed by atoms with Crippen molar-refractivity contribution in [3.05, 3.63) is 70.1 Å². The maximum Gasteiger partial charge on any atom is 0.141 e. The second-order valence-corrected chi connectivity index (χ2v) is 7.75. The fourth-order valence-corrected chi connectivity index (χ4v) is 4.15. The number of methoxy groups -OCH3 is 1. The lowest BCUT2D eigenvalue weighted by Crippen LogP contribution is -2.30.